The zero-order valence-electron chi connectivity index (χ0n) is 13.3. The average Bonchev–Trinajstić information content (AvgIpc) is 3.24. The summed E-state index contributed by atoms with van der Waals surface area (Å²) >= 11 is 7.53. The molecule has 0 saturated carbocycles. The van der Waals surface area contributed by atoms with Crippen molar-refractivity contribution in [2.24, 2.45) is 0 Å². The second-order valence-electron chi connectivity index (χ2n) is 5.73. The summed E-state index contributed by atoms with van der Waals surface area (Å²) in [6.45, 7) is 1.92. The number of nitrogens with one attached hydrogen (secondary N) is 2. The molecule has 124 valence electrons. The topological polar surface area (TPSA) is 57.8 Å². The van der Waals surface area contributed by atoms with Crippen LogP contribution >= 0.6 is 22.9 Å². The number of benzene rings is 2. The van der Waals surface area contributed by atoms with Gasteiger partial charge in [0.05, 0.1) is 5.69 Å². The zero-order chi connectivity index (χ0) is 17.4. The Bertz CT molecular complexity index is 1050. The lowest BCUT2D eigenvalue weighted by Crippen LogP contribution is -2.12. The maximum atomic E-state index is 12.4. The molecule has 0 radical (unpaired) electrons. The Morgan fingerprint density at radius 1 is 1.20 bits per heavy atom. The van der Waals surface area contributed by atoms with Gasteiger partial charge in [-0.15, -0.1) is 11.3 Å². The lowest BCUT2D eigenvalue weighted by Gasteiger charge is -2.05. The SMILES string of the molecule is Cc1ccc(NC(=O)c2csc(-c3cc4ccccc4[nH]3)n2)cc1Cl. The summed E-state index contributed by atoms with van der Waals surface area (Å²) in [5, 5.41) is 7.10. The molecule has 25 heavy (non-hydrogen) atoms. The molecular formula is C19H14ClN3OS. The number of aryl methyl sites for hydroxylation is 1. The van der Waals surface area contributed by atoms with Gasteiger partial charge < -0.3 is 10.3 Å². The average molecular weight is 368 g/mol. The summed E-state index contributed by atoms with van der Waals surface area (Å²) in [6.07, 6.45) is 0. The molecule has 0 unspecified atom stereocenters. The predicted octanol–water partition coefficient (Wildman–Crippen LogP) is 5.51. The molecule has 0 fully saturated rings. The van der Waals surface area contributed by atoms with Gasteiger partial charge in [-0.25, -0.2) is 4.98 Å². The fraction of sp³-hybridized carbons (Fsp3) is 0.0526. The van der Waals surface area contributed by atoms with Crippen LogP contribution in [-0.2, 0) is 0 Å². The lowest BCUT2D eigenvalue weighted by atomic mass is 10.2. The van der Waals surface area contributed by atoms with Gasteiger partial charge in [0, 0.05) is 27.0 Å². The third-order valence-electron chi connectivity index (χ3n) is 3.93. The van der Waals surface area contributed by atoms with Crippen molar-refractivity contribution in [3.63, 3.8) is 0 Å². The van der Waals surface area contributed by atoms with E-state index < -0.39 is 0 Å². The van der Waals surface area contributed by atoms with Crippen molar-refractivity contribution in [1.29, 1.82) is 0 Å². The molecule has 0 bridgehead atoms. The van der Waals surface area contributed by atoms with E-state index in [1.807, 2.05) is 49.4 Å². The largest absolute Gasteiger partial charge is 0.353 e. The third kappa shape index (κ3) is 3.16. The fourth-order valence-corrected chi connectivity index (χ4v) is 3.51. The number of hydrogen-bond acceptors (Lipinski definition) is 3. The molecule has 2 heterocycles. The number of halogens is 1. The number of hydrogen-bond donors (Lipinski definition) is 2. The molecule has 0 saturated heterocycles. The molecule has 0 atom stereocenters. The number of aromatic nitrogens is 2. The van der Waals surface area contributed by atoms with Crippen LogP contribution in [0, 0.1) is 6.92 Å². The molecule has 2 aromatic carbocycles. The zero-order valence-corrected chi connectivity index (χ0v) is 14.9. The van der Waals surface area contributed by atoms with Gasteiger partial charge in [0.2, 0.25) is 0 Å². The van der Waals surface area contributed by atoms with Gasteiger partial charge >= 0.3 is 0 Å². The number of nitrogens with zero attached hydrogens (tertiary/aromatic N) is 1. The Labute approximate surface area is 153 Å². The molecule has 0 aliphatic heterocycles. The van der Waals surface area contributed by atoms with Gasteiger partial charge in [-0.3, -0.25) is 4.79 Å². The van der Waals surface area contributed by atoms with Gasteiger partial charge in [0.15, 0.2) is 0 Å². The van der Waals surface area contributed by atoms with Crippen LogP contribution in [0.4, 0.5) is 5.69 Å². The van der Waals surface area contributed by atoms with Gasteiger partial charge in [-0.2, -0.15) is 0 Å². The van der Waals surface area contributed by atoms with Crippen LogP contribution < -0.4 is 5.32 Å². The standard InChI is InChI=1S/C19H14ClN3OS/c1-11-6-7-13(9-14(11)20)21-18(24)17-10-25-19(23-17)16-8-12-4-2-3-5-15(12)22-16/h2-10,22H,1H3,(H,21,24). The highest BCUT2D eigenvalue weighted by Gasteiger charge is 2.14. The summed E-state index contributed by atoms with van der Waals surface area (Å²) < 4.78 is 0. The smallest absolute Gasteiger partial charge is 0.275 e. The number of amides is 1. The van der Waals surface area contributed by atoms with Crippen LogP contribution in [0.15, 0.2) is 53.9 Å². The number of H-pyrrole nitrogens is 1. The minimum absolute atomic E-state index is 0.251. The van der Waals surface area contributed by atoms with Gasteiger partial charge in [-0.1, -0.05) is 35.9 Å². The Morgan fingerprint density at radius 2 is 2.04 bits per heavy atom. The number of carbonyl (C=O) groups is 1. The summed E-state index contributed by atoms with van der Waals surface area (Å²) in [4.78, 5) is 20.2. The van der Waals surface area contributed by atoms with E-state index in [1.165, 1.54) is 11.3 Å². The molecule has 2 aromatic heterocycles. The molecule has 0 aliphatic carbocycles. The predicted molar refractivity (Wildman–Crippen MR) is 104 cm³/mol. The van der Waals surface area contributed by atoms with Crippen molar-refractivity contribution in [2.75, 3.05) is 5.32 Å². The Hall–Kier alpha value is -2.63. The Kier molecular flexibility index (Phi) is 4.03. The number of carbonyl (C=O) groups excluding carboxylic acids is 1. The van der Waals surface area contributed by atoms with Crippen LogP contribution in [0.2, 0.25) is 5.02 Å². The Balaban J connectivity index is 1.57. The van der Waals surface area contributed by atoms with Crippen molar-refractivity contribution in [2.45, 2.75) is 6.92 Å². The molecule has 4 rings (SSSR count). The van der Waals surface area contributed by atoms with Crippen molar-refractivity contribution in [1.82, 2.24) is 9.97 Å². The summed E-state index contributed by atoms with van der Waals surface area (Å²) in [5.74, 6) is -0.251. The highest BCUT2D eigenvalue weighted by Crippen LogP contribution is 2.27. The molecule has 4 aromatic rings. The van der Waals surface area contributed by atoms with Crippen molar-refractivity contribution in [3.05, 3.63) is 70.2 Å². The molecule has 1 amide bonds. The third-order valence-corrected chi connectivity index (χ3v) is 5.21. The first-order valence-corrected chi connectivity index (χ1v) is 8.97. The minimum Gasteiger partial charge on any atom is -0.353 e. The summed E-state index contributed by atoms with van der Waals surface area (Å²) in [7, 11) is 0. The van der Waals surface area contributed by atoms with Crippen LogP contribution in [0.5, 0.6) is 0 Å². The fourth-order valence-electron chi connectivity index (χ4n) is 2.56. The van der Waals surface area contributed by atoms with Crippen LogP contribution in [0.25, 0.3) is 21.6 Å². The number of fused-ring (bicyclic) bond motifs is 1. The van der Waals surface area contributed by atoms with E-state index in [9.17, 15) is 4.79 Å². The van der Waals surface area contributed by atoms with Crippen molar-refractivity contribution < 1.29 is 4.79 Å². The van der Waals surface area contributed by atoms with Gasteiger partial charge in [0.25, 0.3) is 5.91 Å². The molecule has 0 aliphatic rings. The van der Waals surface area contributed by atoms with E-state index in [0.717, 1.165) is 27.2 Å². The monoisotopic (exact) mass is 367 g/mol. The van der Waals surface area contributed by atoms with Crippen molar-refractivity contribution in [3.8, 4) is 10.7 Å². The van der Waals surface area contributed by atoms with Crippen LogP contribution in [0.3, 0.4) is 0 Å². The number of para-hydroxylation sites is 1. The van der Waals surface area contributed by atoms with E-state index in [4.69, 9.17) is 11.6 Å². The van der Waals surface area contributed by atoms with Crippen molar-refractivity contribution >= 4 is 45.4 Å². The number of anilines is 1. The summed E-state index contributed by atoms with van der Waals surface area (Å²) in [5.41, 5.74) is 3.96. The lowest BCUT2D eigenvalue weighted by molar-refractivity contribution is 0.102. The van der Waals surface area contributed by atoms with E-state index in [0.29, 0.717) is 16.4 Å². The molecule has 0 spiro atoms. The minimum atomic E-state index is -0.251. The van der Waals surface area contributed by atoms with E-state index in [1.54, 1.807) is 11.4 Å². The second kappa shape index (κ2) is 6.35. The molecular weight excluding hydrogens is 354 g/mol. The normalized spacial score (nSPS) is 11.0. The number of rotatable bonds is 3. The molecule has 2 N–H and O–H groups in total. The molecule has 6 heteroatoms. The number of thiazole rings is 1. The highest BCUT2D eigenvalue weighted by molar-refractivity contribution is 7.13. The van der Waals surface area contributed by atoms with Gasteiger partial charge in [0.1, 0.15) is 10.7 Å². The Morgan fingerprint density at radius 3 is 2.84 bits per heavy atom. The first-order chi connectivity index (χ1) is 12.1. The van der Waals surface area contributed by atoms with E-state index >= 15 is 0 Å². The maximum absolute atomic E-state index is 12.4. The second-order valence-corrected chi connectivity index (χ2v) is 6.99. The van der Waals surface area contributed by atoms with E-state index in [-0.39, 0.29) is 5.91 Å². The van der Waals surface area contributed by atoms with Gasteiger partial charge in [-0.05, 0) is 36.8 Å². The number of aromatic amines is 1. The van der Waals surface area contributed by atoms with E-state index in [2.05, 4.69) is 15.3 Å². The molecule has 4 nitrogen and oxygen atoms in total. The quantitative estimate of drug-likeness (QED) is 0.502. The maximum Gasteiger partial charge on any atom is 0.275 e. The highest BCUT2D eigenvalue weighted by atomic mass is 35.5. The van der Waals surface area contributed by atoms with Crippen LogP contribution in [0.1, 0.15) is 16.1 Å². The summed E-state index contributed by atoms with van der Waals surface area (Å²) in [6, 6.07) is 15.5. The van der Waals surface area contributed by atoms with Crippen LogP contribution in [-0.4, -0.2) is 15.9 Å². The first-order valence-electron chi connectivity index (χ1n) is 7.71. The first kappa shape index (κ1) is 15.9.